The predicted octanol–water partition coefficient (Wildman–Crippen LogP) is 0.671. The molecule has 0 aliphatic heterocycles. The lowest BCUT2D eigenvalue weighted by Gasteiger charge is -2.27. The third-order valence-corrected chi connectivity index (χ3v) is 3.36. The van der Waals surface area contributed by atoms with Gasteiger partial charge in [0.25, 0.3) is 0 Å². The van der Waals surface area contributed by atoms with Crippen molar-refractivity contribution < 1.29 is 14.7 Å². The van der Waals surface area contributed by atoms with Crippen LogP contribution in [0, 0.1) is 5.92 Å². The number of carbonyl (C=O) groups is 2. The van der Waals surface area contributed by atoms with Crippen LogP contribution in [0.1, 0.15) is 43.1 Å². The van der Waals surface area contributed by atoms with Gasteiger partial charge in [-0.3, -0.25) is 4.79 Å². The van der Waals surface area contributed by atoms with Gasteiger partial charge in [0.05, 0.1) is 6.20 Å². The molecular weight excluding hydrogens is 248 g/mol. The van der Waals surface area contributed by atoms with Crippen LogP contribution in [0.3, 0.4) is 0 Å². The molecule has 0 saturated heterocycles. The molecule has 0 aromatic carbocycles. The van der Waals surface area contributed by atoms with Crippen LogP contribution in [0.2, 0.25) is 0 Å². The molecule has 0 spiro atoms. The number of carboxylic acids is 1. The molecule has 1 aromatic heterocycles. The molecule has 1 saturated carbocycles. The number of amides is 1. The van der Waals surface area contributed by atoms with E-state index in [1.807, 2.05) is 0 Å². The number of nitrogens with zero attached hydrogens (tertiary/aromatic N) is 3. The number of aromatic nitrogens is 3. The number of carbonyl (C=O) groups excluding carboxylic acids is 1. The third-order valence-electron chi connectivity index (χ3n) is 3.36. The largest absolute Gasteiger partial charge is 0.476 e. The second-order valence-electron chi connectivity index (χ2n) is 5.14. The van der Waals surface area contributed by atoms with Crippen LogP contribution in [0.5, 0.6) is 0 Å². The molecule has 7 heteroatoms. The van der Waals surface area contributed by atoms with Crippen LogP contribution in [0.4, 0.5) is 0 Å². The van der Waals surface area contributed by atoms with Gasteiger partial charge in [0.1, 0.15) is 6.54 Å². The minimum absolute atomic E-state index is 0.00512. The molecule has 1 heterocycles. The molecule has 0 radical (unpaired) electrons. The van der Waals surface area contributed by atoms with Crippen molar-refractivity contribution in [2.75, 3.05) is 0 Å². The van der Waals surface area contributed by atoms with Gasteiger partial charge >= 0.3 is 5.97 Å². The Labute approximate surface area is 111 Å². The summed E-state index contributed by atoms with van der Waals surface area (Å²) in [4.78, 5) is 22.5. The molecule has 1 amide bonds. The number of hydrogen-bond donors (Lipinski definition) is 2. The first-order valence-corrected chi connectivity index (χ1v) is 6.47. The highest BCUT2D eigenvalue weighted by Gasteiger charge is 2.20. The van der Waals surface area contributed by atoms with E-state index in [1.165, 1.54) is 17.3 Å². The molecular formula is C12H18N4O3. The zero-order valence-corrected chi connectivity index (χ0v) is 10.9. The fourth-order valence-corrected chi connectivity index (χ4v) is 2.46. The Morgan fingerprint density at radius 3 is 2.95 bits per heavy atom. The summed E-state index contributed by atoms with van der Waals surface area (Å²) >= 11 is 0. The van der Waals surface area contributed by atoms with Crippen molar-refractivity contribution in [3.8, 4) is 0 Å². The lowest BCUT2D eigenvalue weighted by atomic mass is 9.87. The van der Waals surface area contributed by atoms with Gasteiger partial charge in [-0.1, -0.05) is 25.0 Å². The van der Waals surface area contributed by atoms with E-state index >= 15 is 0 Å². The maximum absolute atomic E-state index is 11.8. The molecule has 1 aliphatic rings. The Hall–Kier alpha value is -1.92. The Kier molecular flexibility index (Phi) is 4.13. The molecule has 1 fully saturated rings. The van der Waals surface area contributed by atoms with E-state index < -0.39 is 5.97 Å². The maximum Gasteiger partial charge on any atom is 0.358 e. The average Bonchev–Trinajstić information content (AvgIpc) is 2.77. The van der Waals surface area contributed by atoms with Gasteiger partial charge in [-0.2, -0.15) is 0 Å². The predicted molar refractivity (Wildman–Crippen MR) is 66.5 cm³/mol. The molecule has 104 valence electrons. The van der Waals surface area contributed by atoms with Crippen LogP contribution < -0.4 is 5.32 Å². The monoisotopic (exact) mass is 266 g/mol. The van der Waals surface area contributed by atoms with Crippen LogP contribution in [0.15, 0.2) is 6.20 Å². The highest BCUT2D eigenvalue weighted by atomic mass is 16.4. The smallest absolute Gasteiger partial charge is 0.358 e. The van der Waals surface area contributed by atoms with E-state index in [-0.39, 0.29) is 24.2 Å². The summed E-state index contributed by atoms with van der Waals surface area (Å²) in [5, 5.41) is 18.7. The zero-order chi connectivity index (χ0) is 13.8. The molecule has 2 unspecified atom stereocenters. The minimum atomic E-state index is -1.15. The minimum Gasteiger partial charge on any atom is -0.476 e. The molecule has 19 heavy (non-hydrogen) atoms. The number of rotatable bonds is 4. The Bertz CT molecular complexity index is 471. The molecule has 1 aromatic rings. The van der Waals surface area contributed by atoms with Crippen molar-refractivity contribution in [1.29, 1.82) is 0 Å². The van der Waals surface area contributed by atoms with Gasteiger partial charge < -0.3 is 10.4 Å². The van der Waals surface area contributed by atoms with Crippen LogP contribution in [-0.2, 0) is 11.3 Å². The summed E-state index contributed by atoms with van der Waals surface area (Å²) in [7, 11) is 0. The van der Waals surface area contributed by atoms with Crippen molar-refractivity contribution in [3.05, 3.63) is 11.9 Å². The Morgan fingerprint density at radius 2 is 2.32 bits per heavy atom. The average molecular weight is 266 g/mol. The number of hydrogen-bond acceptors (Lipinski definition) is 4. The lowest BCUT2D eigenvalue weighted by molar-refractivity contribution is -0.122. The quantitative estimate of drug-likeness (QED) is 0.834. The summed E-state index contributed by atoms with van der Waals surface area (Å²) in [6, 6.07) is 0.221. The normalized spacial score (nSPS) is 23.0. The summed E-state index contributed by atoms with van der Waals surface area (Å²) in [6.07, 6.45) is 5.62. The second kappa shape index (κ2) is 5.81. The van der Waals surface area contributed by atoms with E-state index in [0.29, 0.717) is 5.92 Å². The molecule has 7 nitrogen and oxygen atoms in total. The van der Waals surface area contributed by atoms with Crippen molar-refractivity contribution in [2.24, 2.45) is 5.92 Å². The number of nitrogens with one attached hydrogen (secondary N) is 1. The van der Waals surface area contributed by atoms with Gasteiger partial charge in [-0.25, -0.2) is 9.48 Å². The first-order chi connectivity index (χ1) is 9.04. The summed E-state index contributed by atoms with van der Waals surface area (Å²) in [6.45, 7) is 2.19. The lowest BCUT2D eigenvalue weighted by Crippen LogP contribution is -2.39. The van der Waals surface area contributed by atoms with E-state index in [4.69, 9.17) is 5.11 Å². The molecule has 0 bridgehead atoms. The Morgan fingerprint density at radius 1 is 1.53 bits per heavy atom. The van der Waals surface area contributed by atoms with Crippen molar-refractivity contribution >= 4 is 11.9 Å². The SMILES string of the molecule is CC1CCCC(NC(=O)Cn2cc(C(=O)O)nn2)C1. The second-order valence-corrected chi connectivity index (χ2v) is 5.14. The van der Waals surface area contributed by atoms with Gasteiger partial charge in [0, 0.05) is 6.04 Å². The van der Waals surface area contributed by atoms with E-state index in [2.05, 4.69) is 22.6 Å². The zero-order valence-electron chi connectivity index (χ0n) is 10.9. The van der Waals surface area contributed by atoms with E-state index in [9.17, 15) is 9.59 Å². The summed E-state index contributed by atoms with van der Waals surface area (Å²) in [5.41, 5.74) is -0.154. The fraction of sp³-hybridized carbons (Fsp3) is 0.667. The fourth-order valence-electron chi connectivity index (χ4n) is 2.46. The van der Waals surface area contributed by atoms with Gasteiger partial charge in [0.2, 0.25) is 5.91 Å². The Balaban J connectivity index is 1.84. The summed E-state index contributed by atoms with van der Waals surface area (Å²) < 4.78 is 1.24. The van der Waals surface area contributed by atoms with Crippen LogP contribution in [-0.4, -0.2) is 38.0 Å². The maximum atomic E-state index is 11.8. The molecule has 2 rings (SSSR count). The van der Waals surface area contributed by atoms with Crippen molar-refractivity contribution in [1.82, 2.24) is 20.3 Å². The van der Waals surface area contributed by atoms with Crippen LogP contribution in [0.25, 0.3) is 0 Å². The van der Waals surface area contributed by atoms with Crippen LogP contribution >= 0.6 is 0 Å². The molecule has 2 atom stereocenters. The van der Waals surface area contributed by atoms with E-state index in [1.54, 1.807) is 0 Å². The van der Waals surface area contributed by atoms with E-state index in [0.717, 1.165) is 19.3 Å². The highest BCUT2D eigenvalue weighted by Crippen LogP contribution is 2.23. The van der Waals surface area contributed by atoms with Gasteiger partial charge in [0.15, 0.2) is 5.69 Å². The number of aromatic carboxylic acids is 1. The summed E-state index contributed by atoms with van der Waals surface area (Å²) in [5.74, 6) is -0.655. The van der Waals surface area contributed by atoms with Crippen molar-refractivity contribution in [2.45, 2.75) is 45.2 Å². The molecule has 2 N–H and O–H groups in total. The third kappa shape index (κ3) is 3.77. The van der Waals surface area contributed by atoms with Crippen molar-refractivity contribution in [3.63, 3.8) is 0 Å². The molecule has 1 aliphatic carbocycles. The topological polar surface area (TPSA) is 97.1 Å². The standard InChI is InChI=1S/C12H18N4O3/c1-8-3-2-4-9(5-8)13-11(17)7-16-6-10(12(18)19)14-15-16/h6,8-9H,2-5,7H2,1H3,(H,13,17)(H,18,19). The number of carboxylic acid groups (broad SMARTS) is 1. The first-order valence-electron chi connectivity index (χ1n) is 6.47. The van der Waals surface area contributed by atoms with Gasteiger partial charge in [-0.15, -0.1) is 5.10 Å². The first kappa shape index (κ1) is 13.5. The van der Waals surface area contributed by atoms with Gasteiger partial charge in [-0.05, 0) is 18.8 Å². The highest BCUT2D eigenvalue weighted by molar-refractivity contribution is 5.84.